The number of rotatable bonds is 3. The highest BCUT2D eigenvalue weighted by atomic mass is 16.5. The Hall–Kier alpha value is -2.63. The minimum atomic E-state index is -0.225. The molecule has 6 nitrogen and oxygen atoms in total. The topological polar surface area (TPSA) is 64.4 Å². The largest absolute Gasteiger partial charge is 0.490 e. The molecule has 0 radical (unpaired) electrons. The van der Waals surface area contributed by atoms with E-state index >= 15 is 0 Å². The average Bonchev–Trinajstić information content (AvgIpc) is 2.61. The lowest BCUT2D eigenvalue weighted by atomic mass is 10.1. The van der Waals surface area contributed by atoms with Crippen LogP contribution in [0, 0.1) is 13.8 Å². The van der Waals surface area contributed by atoms with Crippen LogP contribution in [0.15, 0.2) is 35.1 Å². The zero-order valence-electron chi connectivity index (χ0n) is 14.9. The number of hydrogen-bond donors (Lipinski definition) is 0. The molecule has 1 aliphatic heterocycles. The highest BCUT2D eigenvalue weighted by molar-refractivity contribution is 5.92. The maximum atomic E-state index is 12.5. The van der Waals surface area contributed by atoms with Crippen LogP contribution in [-0.4, -0.2) is 39.8 Å². The van der Waals surface area contributed by atoms with E-state index in [2.05, 4.69) is 31.1 Å². The fourth-order valence-electron chi connectivity index (χ4n) is 2.93. The van der Waals surface area contributed by atoms with Crippen molar-refractivity contribution in [2.75, 3.05) is 13.1 Å². The molecule has 0 saturated carbocycles. The maximum absolute atomic E-state index is 12.5. The number of aromatic nitrogens is 2. The standard InChI is InChI=1S/C19H23N3O3/c1-13-4-5-16(12-14(13)2)25-15-8-10-22(11-9-15)19(24)17-6-7-18(23)21(3)20-17/h4-7,12,15H,8-11H2,1-3H3. The van der Waals surface area contributed by atoms with Crippen molar-refractivity contribution in [3.05, 3.63) is 57.5 Å². The molecule has 1 aliphatic rings. The van der Waals surface area contributed by atoms with Gasteiger partial charge in [0.05, 0.1) is 0 Å². The molecular formula is C19H23N3O3. The van der Waals surface area contributed by atoms with Crippen molar-refractivity contribution in [3.63, 3.8) is 0 Å². The first-order valence-corrected chi connectivity index (χ1v) is 8.51. The average molecular weight is 341 g/mol. The normalized spacial score (nSPS) is 15.2. The van der Waals surface area contributed by atoms with Crippen molar-refractivity contribution in [1.82, 2.24) is 14.7 Å². The van der Waals surface area contributed by atoms with Gasteiger partial charge in [-0.05, 0) is 43.2 Å². The quantitative estimate of drug-likeness (QED) is 0.857. The summed E-state index contributed by atoms with van der Waals surface area (Å²) in [4.78, 5) is 25.7. The molecular weight excluding hydrogens is 318 g/mol. The second-order valence-corrected chi connectivity index (χ2v) is 6.54. The summed E-state index contributed by atoms with van der Waals surface area (Å²) >= 11 is 0. The van der Waals surface area contributed by atoms with Crippen LogP contribution in [0.2, 0.25) is 0 Å². The first-order valence-electron chi connectivity index (χ1n) is 8.51. The SMILES string of the molecule is Cc1ccc(OC2CCN(C(=O)c3ccc(=O)n(C)n3)CC2)cc1C. The number of aryl methyl sites for hydroxylation is 3. The molecule has 2 heterocycles. The molecule has 1 aromatic heterocycles. The van der Waals surface area contributed by atoms with Crippen LogP contribution in [-0.2, 0) is 7.05 Å². The third kappa shape index (κ3) is 3.90. The smallest absolute Gasteiger partial charge is 0.274 e. The van der Waals surface area contributed by atoms with Gasteiger partial charge in [0.15, 0.2) is 0 Å². The molecule has 2 aromatic rings. The van der Waals surface area contributed by atoms with Crippen molar-refractivity contribution in [3.8, 4) is 5.75 Å². The fraction of sp³-hybridized carbons (Fsp3) is 0.421. The Bertz CT molecular complexity index is 836. The van der Waals surface area contributed by atoms with Gasteiger partial charge in [-0.25, -0.2) is 4.68 Å². The summed E-state index contributed by atoms with van der Waals surface area (Å²) < 4.78 is 7.24. The molecule has 0 unspecified atom stereocenters. The number of ether oxygens (including phenoxy) is 1. The van der Waals surface area contributed by atoms with Crippen LogP contribution >= 0.6 is 0 Å². The zero-order valence-corrected chi connectivity index (χ0v) is 14.9. The first kappa shape index (κ1) is 17.2. The Morgan fingerprint density at radius 3 is 2.48 bits per heavy atom. The second kappa shape index (κ2) is 7.09. The summed E-state index contributed by atoms with van der Waals surface area (Å²) in [5.74, 6) is 0.743. The molecule has 3 rings (SSSR count). The second-order valence-electron chi connectivity index (χ2n) is 6.54. The minimum Gasteiger partial charge on any atom is -0.490 e. The minimum absolute atomic E-state index is 0.110. The lowest BCUT2D eigenvalue weighted by Crippen LogP contribution is -2.42. The van der Waals surface area contributed by atoms with Crippen molar-refractivity contribution >= 4 is 5.91 Å². The summed E-state index contributed by atoms with van der Waals surface area (Å²) in [6.45, 7) is 5.40. The predicted octanol–water partition coefficient (Wildman–Crippen LogP) is 2.08. The van der Waals surface area contributed by atoms with Gasteiger partial charge in [0.1, 0.15) is 17.5 Å². The summed E-state index contributed by atoms with van der Waals surface area (Å²) in [6, 6.07) is 8.97. The summed E-state index contributed by atoms with van der Waals surface area (Å²) in [5, 5.41) is 4.03. The Labute approximate surface area is 147 Å². The molecule has 1 saturated heterocycles. The van der Waals surface area contributed by atoms with Gasteiger partial charge in [-0.3, -0.25) is 9.59 Å². The van der Waals surface area contributed by atoms with Crippen molar-refractivity contribution in [2.24, 2.45) is 7.05 Å². The number of nitrogens with zero attached hydrogens (tertiary/aromatic N) is 3. The Morgan fingerprint density at radius 2 is 1.84 bits per heavy atom. The number of piperidine rings is 1. The van der Waals surface area contributed by atoms with E-state index in [0.717, 1.165) is 18.6 Å². The van der Waals surface area contributed by atoms with Gasteiger partial charge in [0.25, 0.3) is 11.5 Å². The van der Waals surface area contributed by atoms with E-state index < -0.39 is 0 Å². The molecule has 25 heavy (non-hydrogen) atoms. The third-order valence-electron chi connectivity index (χ3n) is 4.69. The molecule has 1 fully saturated rings. The highest BCUT2D eigenvalue weighted by Crippen LogP contribution is 2.22. The highest BCUT2D eigenvalue weighted by Gasteiger charge is 2.25. The van der Waals surface area contributed by atoms with E-state index in [1.165, 1.54) is 27.9 Å². The van der Waals surface area contributed by atoms with Crippen LogP contribution in [0.4, 0.5) is 0 Å². The monoisotopic (exact) mass is 341 g/mol. The van der Waals surface area contributed by atoms with Gasteiger partial charge in [-0.1, -0.05) is 6.07 Å². The first-order chi connectivity index (χ1) is 11.9. The number of amides is 1. The van der Waals surface area contributed by atoms with Crippen LogP contribution < -0.4 is 10.3 Å². The number of benzene rings is 1. The fourth-order valence-corrected chi connectivity index (χ4v) is 2.93. The molecule has 0 aliphatic carbocycles. The van der Waals surface area contributed by atoms with Crippen molar-refractivity contribution < 1.29 is 9.53 Å². The Morgan fingerprint density at radius 1 is 1.12 bits per heavy atom. The van der Waals surface area contributed by atoms with E-state index in [1.807, 2.05) is 6.07 Å². The lowest BCUT2D eigenvalue weighted by molar-refractivity contribution is 0.0587. The van der Waals surface area contributed by atoms with Gasteiger partial charge in [0.2, 0.25) is 0 Å². The Kier molecular flexibility index (Phi) is 4.88. The van der Waals surface area contributed by atoms with Gasteiger partial charge in [-0.15, -0.1) is 0 Å². The van der Waals surface area contributed by atoms with Crippen LogP contribution in [0.1, 0.15) is 34.5 Å². The van der Waals surface area contributed by atoms with E-state index in [1.54, 1.807) is 11.9 Å². The van der Waals surface area contributed by atoms with Gasteiger partial charge in [-0.2, -0.15) is 5.10 Å². The molecule has 0 atom stereocenters. The third-order valence-corrected chi connectivity index (χ3v) is 4.69. The lowest BCUT2D eigenvalue weighted by Gasteiger charge is -2.32. The molecule has 1 aromatic carbocycles. The number of carbonyl (C=O) groups excluding carboxylic acids is 1. The van der Waals surface area contributed by atoms with Crippen LogP contribution in [0.25, 0.3) is 0 Å². The summed E-state index contributed by atoms with van der Waals surface area (Å²) in [5.41, 5.74) is 2.54. The van der Waals surface area contributed by atoms with Crippen molar-refractivity contribution in [1.29, 1.82) is 0 Å². The predicted molar refractivity (Wildman–Crippen MR) is 94.9 cm³/mol. The van der Waals surface area contributed by atoms with Gasteiger partial charge >= 0.3 is 0 Å². The molecule has 0 N–H and O–H groups in total. The van der Waals surface area contributed by atoms with Crippen LogP contribution in [0.3, 0.4) is 0 Å². The van der Waals surface area contributed by atoms with E-state index in [9.17, 15) is 9.59 Å². The van der Waals surface area contributed by atoms with Gasteiger partial charge < -0.3 is 9.64 Å². The zero-order chi connectivity index (χ0) is 18.0. The van der Waals surface area contributed by atoms with Gasteiger partial charge in [0, 0.05) is 39.0 Å². The summed E-state index contributed by atoms with van der Waals surface area (Å²) in [7, 11) is 1.54. The van der Waals surface area contributed by atoms with E-state index in [0.29, 0.717) is 18.8 Å². The molecule has 132 valence electrons. The van der Waals surface area contributed by atoms with E-state index in [4.69, 9.17) is 4.74 Å². The van der Waals surface area contributed by atoms with Crippen LogP contribution in [0.5, 0.6) is 5.75 Å². The van der Waals surface area contributed by atoms with E-state index in [-0.39, 0.29) is 17.6 Å². The maximum Gasteiger partial charge on any atom is 0.274 e. The molecule has 0 bridgehead atoms. The number of hydrogen-bond acceptors (Lipinski definition) is 4. The number of likely N-dealkylation sites (tertiary alicyclic amines) is 1. The summed E-state index contributed by atoms with van der Waals surface area (Å²) in [6.07, 6.45) is 1.67. The number of carbonyl (C=O) groups is 1. The molecule has 0 spiro atoms. The van der Waals surface area contributed by atoms with Crippen molar-refractivity contribution in [2.45, 2.75) is 32.8 Å². The Balaban J connectivity index is 1.59. The molecule has 1 amide bonds. The molecule has 6 heteroatoms.